The number of carbonyl (C=O) groups excluding carboxylic acids is 1. The Balaban J connectivity index is 1.68. The number of aryl methyl sites for hydroxylation is 2. The molecule has 0 fully saturated rings. The van der Waals surface area contributed by atoms with Crippen molar-refractivity contribution in [2.75, 3.05) is 6.54 Å². The van der Waals surface area contributed by atoms with Crippen molar-refractivity contribution >= 4 is 17.2 Å². The van der Waals surface area contributed by atoms with Crippen molar-refractivity contribution in [3.63, 3.8) is 0 Å². The summed E-state index contributed by atoms with van der Waals surface area (Å²) in [4.78, 5) is 16.6. The highest BCUT2D eigenvalue weighted by Gasteiger charge is 2.16. The van der Waals surface area contributed by atoms with Crippen molar-refractivity contribution in [2.24, 2.45) is 0 Å². The number of rotatable bonds is 8. The standard InChI is InChI=1S/C21H30N2O2S/c1-15-14-26-19(23-15)8-6-7-13-22-20(24)16(2)25-18-11-9-17(10-12-18)21(3,4)5/h9-12,14,16H,6-8,13H2,1-5H3,(H,22,24). The smallest absolute Gasteiger partial charge is 0.260 e. The van der Waals surface area contributed by atoms with Gasteiger partial charge in [-0.05, 0) is 56.2 Å². The maximum absolute atomic E-state index is 12.2. The van der Waals surface area contributed by atoms with Gasteiger partial charge < -0.3 is 10.1 Å². The number of hydrogen-bond acceptors (Lipinski definition) is 4. The first-order chi connectivity index (χ1) is 12.3. The fourth-order valence-electron chi connectivity index (χ4n) is 2.57. The van der Waals surface area contributed by atoms with E-state index in [-0.39, 0.29) is 11.3 Å². The number of amides is 1. The van der Waals surface area contributed by atoms with Gasteiger partial charge in [0, 0.05) is 17.6 Å². The van der Waals surface area contributed by atoms with Crippen LogP contribution < -0.4 is 10.1 Å². The van der Waals surface area contributed by atoms with Crippen molar-refractivity contribution < 1.29 is 9.53 Å². The molecule has 0 bridgehead atoms. The molecule has 0 saturated heterocycles. The van der Waals surface area contributed by atoms with Crippen LogP contribution in [0.4, 0.5) is 0 Å². The third-order valence-corrected chi connectivity index (χ3v) is 5.21. The lowest BCUT2D eigenvalue weighted by Crippen LogP contribution is -2.36. The Hall–Kier alpha value is -1.88. The predicted octanol–water partition coefficient (Wildman–Crippen LogP) is 4.66. The van der Waals surface area contributed by atoms with Gasteiger partial charge in [0.1, 0.15) is 5.75 Å². The van der Waals surface area contributed by atoms with E-state index in [4.69, 9.17) is 4.74 Å². The number of nitrogens with zero attached hydrogens (tertiary/aromatic N) is 1. The van der Waals surface area contributed by atoms with E-state index in [9.17, 15) is 4.79 Å². The lowest BCUT2D eigenvalue weighted by Gasteiger charge is -2.20. The highest BCUT2D eigenvalue weighted by Crippen LogP contribution is 2.24. The number of carbonyl (C=O) groups is 1. The van der Waals surface area contributed by atoms with Crippen LogP contribution >= 0.6 is 11.3 Å². The van der Waals surface area contributed by atoms with Gasteiger partial charge in [0.2, 0.25) is 0 Å². The zero-order chi connectivity index (χ0) is 19.2. The van der Waals surface area contributed by atoms with Crippen molar-refractivity contribution in [2.45, 2.75) is 65.4 Å². The fourth-order valence-corrected chi connectivity index (χ4v) is 3.38. The number of hydrogen-bond donors (Lipinski definition) is 1. The minimum absolute atomic E-state index is 0.0741. The van der Waals surface area contributed by atoms with Gasteiger partial charge in [-0.3, -0.25) is 4.79 Å². The number of thiazole rings is 1. The molecule has 1 atom stereocenters. The van der Waals surface area contributed by atoms with Gasteiger partial charge in [0.05, 0.1) is 5.01 Å². The van der Waals surface area contributed by atoms with Crippen LogP contribution in [0.1, 0.15) is 56.8 Å². The molecule has 0 aliphatic rings. The molecule has 1 aromatic heterocycles. The lowest BCUT2D eigenvalue weighted by molar-refractivity contribution is -0.127. The van der Waals surface area contributed by atoms with E-state index >= 15 is 0 Å². The molecule has 142 valence electrons. The van der Waals surface area contributed by atoms with Crippen molar-refractivity contribution in [1.82, 2.24) is 10.3 Å². The highest BCUT2D eigenvalue weighted by molar-refractivity contribution is 7.09. The van der Waals surface area contributed by atoms with E-state index in [0.717, 1.165) is 30.7 Å². The summed E-state index contributed by atoms with van der Waals surface area (Å²) in [7, 11) is 0. The minimum atomic E-state index is -0.503. The Bertz CT molecular complexity index is 702. The predicted molar refractivity (Wildman–Crippen MR) is 108 cm³/mol. The van der Waals surface area contributed by atoms with E-state index in [0.29, 0.717) is 6.54 Å². The fraction of sp³-hybridized carbons (Fsp3) is 0.524. The van der Waals surface area contributed by atoms with Gasteiger partial charge in [-0.1, -0.05) is 32.9 Å². The molecule has 0 radical (unpaired) electrons. The van der Waals surface area contributed by atoms with Crippen molar-refractivity contribution in [1.29, 1.82) is 0 Å². The molecule has 2 rings (SSSR count). The zero-order valence-corrected chi connectivity index (χ0v) is 17.3. The summed E-state index contributed by atoms with van der Waals surface area (Å²) in [6.07, 6.45) is 2.44. The molecular formula is C21H30N2O2S. The van der Waals surface area contributed by atoms with Crippen LogP contribution in [0.3, 0.4) is 0 Å². The minimum Gasteiger partial charge on any atom is -0.481 e. The van der Waals surface area contributed by atoms with E-state index < -0.39 is 6.10 Å². The monoisotopic (exact) mass is 374 g/mol. The molecule has 1 aromatic carbocycles. The Kier molecular flexibility index (Phi) is 7.21. The molecule has 1 amide bonds. The molecule has 0 aliphatic heterocycles. The van der Waals surface area contributed by atoms with Crippen LogP contribution in [-0.4, -0.2) is 23.5 Å². The van der Waals surface area contributed by atoms with Crippen LogP contribution in [0.5, 0.6) is 5.75 Å². The molecular weight excluding hydrogens is 344 g/mol. The third kappa shape index (κ3) is 6.45. The number of nitrogens with one attached hydrogen (secondary N) is 1. The average Bonchev–Trinajstić information content (AvgIpc) is 2.99. The summed E-state index contributed by atoms with van der Waals surface area (Å²) in [5, 5.41) is 6.19. The zero-order valence-electron chi connectivity index (χ0n) is 16.5. The van der Waals surface area contributed by atoms with Gasteiger partial charge in [0.25, 0.3) is 5.91 Å². The van der Waals surface area contributed by atoms with Crippen LogP contribution in [0, 0.1) is 6.92 Å². The second-order valence-corrected chi connectivity index (χ2v) is 8.61. The number of benzene rings is 1. The Labute approximate surface area is 161 Å². The summed E-state index contributed by atoms with van der Waals surface area (Å²) in [5.41, 5.74) is 2.44. The van der Waals surface area contributed by atoms with Crippen LogP contribution in [0.15, 0.2) is 29.6 Å². The SMILES string of the molecule is Cc1csc(CCCCNC(=O)C(C)Oc2ccc(C(C)(C)C)cc2)n1. The van der Waals surface area contributed by atoms with Crippen molar-refractivity contribution in [3.05, 3.63) is 45.9 Å². The first-order valence-corrected chi connectivity index (χ1v) is 10.1. The lowest BCUT2D eigenvalue weighted by atomic mass is 9.87. The maximum Gasteiger partial charge on any atom is 0.260 e. The molecule has 1 unspecified atom stereocenters. The number of aromatic nitrogens is 1. The molecule has 5 heteroatoms. The Morgan fingerprint density at radius 1 is 1.23 bits per heavy atom. The largest absolute Gasteiger partial charge is 0.481 e. The summed E-state index contributed by atoms with van der Waals surface area (Å²) in [6, 6.07) is 7.97. The normalized spacial score (nSPS) is 12.7. The van der Waals surface area contributed by atoms with Crippen molar-refractivity contribution in [3.8, 4) is 5.75 Å². The summed E-state index contributed by atoms with van der Waals surface area (Å²) < 4.78 is 5.75. The van der Waals surface area contributed by atoms with Gasteiger partial charge in [-0.25, -0.2) is 4.98 Å². The highest BCUT2D eigenvalue weighted by atomic mass is 32.1. The van der Waals surface area contributed by atoms with Gasteiger partial charge in [-0.15, -0.1) is 11.3 Å². The van der Waals surface area contributed by atoms with E-state index in [1.165, 1.54) is 10.6 Å². The van der Waals surface area contributed by atoms with Gasteiger partial charge >= 0.3 is 0 Å². The maximum atomic E-state index is 12.2. The Morgan fingerprint density at radius 3 is 2.50 bits per heavy atom. The van der Waals surface area contributed by atoms with Crippen LogP contribution in [0.25, 0.3) is 0 Å². The molecule has 4 nitrogen and oxygen atoms in total. The third-order valence-electron chi connectivity index (χ3n) is 4.19. The average molecular weight is 375 g/mol. The molecule has 1 heterocycles. The number of ether oxygens (including phenoxy) is 1. The van der Waals surface area contributed by atoms with E-state index in [1.807, 2.05) is 19.1 Å². The quantitative estimate of drug-likeness (QED) is 0.684. The van der Waals surface area contributed by atoms with Crippen LogP contribution in [-0.2, 0) is 16.6 Å². The molecule has 0 spiro atoms. The summed E-state index contributed by atoms with van der Waals surface area (Å²) >= 11 is 1.70. The second-order valence-electron chi connectivity index (χ2n) is 7.67. The van der Waals surface area contributed by atoms with Gasteiger partial charge in [-0.2, -0.15) is 0 Å². The molecule has 0 aliphatic carbocycles. The topological polar surface area (TPSA) is 51.2 Å². The first-order valence-electron chi connectivity index (χ1n) is 9.21. The second kappa shape index (κ2) is 9.17. The molecule has 26 heavy (non-hydrogen) atoms. The summed E-state index contributed by atoms with van der Waals surface area (Å²) in [6.45, 7) is 11.0. The van der Waals surface area contributed by atoms with E-state index in [1.54, 1.807) is 18.3 Å². The van der Waals surface area contributed by atoms with Gasteiger partial charge in [0.15, 0.2) is 6.10 Å². The first kappa shape index (κ1) is 20.4. The molecule has 2 aromatic rings. The molecule has 0 saturated carbocycles. The number of unbranched alkanes of at least 4 members (excludes halogenated alkanes) is 1. The molecule has 1 N–H and O–H groups in total. The van der Waals surface area contributed by atoms with E-state index in [2.05, 4.69) is 48.6 Å². The Morgan fingerprint density at radius 2 is 1.92 bits per heavy atom. The van der Waals surface area contributed by atoms with Crippen LogP contribution in [0.2, 0.25) is 0 Å². The summed E-state index contributed by atoms with van der Waals surface area (Å²) in [5.74, 6) is 0.648.